The standard InChI is InChI=1S/C9H7ClFN3S2/c1-4-13-14-9(15-4)16-8-3-6(11)5(10)2-7(8)12/h2-3H,12H2,1H3. The van der Waals surface area contributed by atoms with E-state index in [0.717, 1.165) is 9.35 Å². The van der Waals surface area contributed by atoms with Gasteiger partial charge in [-0.25, -0.2) is 4.39 Å². The maximum absolute atomic E-state index is 13.2. The van der Waals surface area contributed by atoms with E-state index in [1.165, 1.54) is 35.2 Å². The second-order valence-electron chi connectivity index (χ2n) is 2.99. The molecule has 2 aromatic rings. The second kappa shape index (κ2) is 4.57. The van der Waals surface area contributed by atoms with Crippen molar-refractivity contribution in [1.29, 1.82) is 0 Å². The number of rotatable bonds is 2. The van der Waals surface area contributed by atoms with Crippen LogP contribution in [0.1, 0.15) is 5.01 Å². The minimum Gasteiger partial charge on any atom is -0.398 e. The van der Waals surface area contributed by atoms with Crippen molar-refractivity contribution in [3.05, 3.63) is 28.0 Å². The predicted molar refractivity (Wildman–Crippen MR) is 64.6 cm³/mol. The lowest BCUT2D eigenvalue weighted by molar-refractivity contribution is 0.625. The SMILES string of the molecule is Cc1nnc(Sc2cc(F)c(Cl)cc2N)s1. The normalized spacial score (nSPS) is 10.7. The average molecular weight is 276 g/mol. The first-order chi connectivity index (χ1) is 7.56. The molecule has 2 rings (SSSR count). The molecule has 7 heteroatoms. The third kappa shape index (κ3) is 2.45. The number of nitrogen functional groups attached to an aromatic ring is 1. The molecule has 0 aliphatic rings. The molecule has 16 heavy (non-hydrogen) atoms. The van der Waals surface area contributed by atoms with Crippen LogP contribution in [0.3, 0.4) is 0 Å². The van der Waals surface area contributed by atoms with E-state index in [4.69, 9.17) is 17.3 Å². The van der Waals surface area contributed by atoms with E-state index in [1.807, 2.05) is 6.92 Å². The molecule has 2 N–H and O–H groups in total. The van der Waals surface area contributed by atoms with Gasteiger partial charge in [0.05, 0.1) is 5.02 Å². The number of aryl methyl sites for hydroxylation is 1. The molecule has 0 unspecified atom stereocenters. The van der Waals surface area contributed by atoms with Crippen molar-refractivity contribution in [3.8, 4) is 0 Å². The van der Waals surface area contributed by atoms with E-state index in [2.05, 4.69) is 10.2 Å². The zero-order valence-electron chi connectivity index (χ0n) is 8.20. The summed E-state index contributed by atoms with van der Waals surface area (Å²) < 4.78 is 14.0. The molecule has 0 fully saturated rings. The average Bonchev–Trinajstić information content (AvgIpc) is 2.60. The monoisotopic (exact) mass is 275 g/mol. The van der Waals surface area contributed by atoms with Crippen LogP contribution in [0.4, 0.5) is 10.1 Å². The topological polar surface area (TPSA) is 51.8 Å². The van der Waals surface area contributed by atoms with Gasteiger partial charge in [-0.2, -0.15) is 0 Å². The zero-order valence-corrected chi connectivity index (χ0v) is 10.6. The van der Waals surface area contributed by atoms with Crippen LogP contribution in [0.15, 0.2) is 21.4 Å². The molecule has 0 radical (unpaired) electrons. The quantitative estimate of drug-likeness (QED) is 0.854. The van der Waals surface area contributed by atoms with Gasteiger partial charge in [0.15, 0.2) is 4.34 Å². The Morgan fingerprint density at radius 3 is 2.81 bits per heavy atom. The Morgan fingerprint density at radius 1 is 1.44 bits per heavy atom. The number of aromatic nitrogens is 2. The van der Waals surface area contributed by atoms with Crippen molar-refractivity contribution in [2.75, 3.05) is 5.73 Å². The molecule has 84 valence electrons. The number of anilines is 1. The Morgan fingerprint density at radius 2 is 2.19 bits per heavy atom. The van der Waals surface area contributed by atoms with Crippen LogP contribution in [-0.2, 0) is 0 Å². The summed E-state index contributed by atoms with van der Waals surface area (Å²) in [7, 11) is 0. The Balaban J connectivity index is 2.31. The van der Waals surface area contributed by atoms with E-state index >= 15 is 0 Å². The van der Waals surface area contributed by atoms with Crippen molar-refractivity contribution in [1.82, 2.24) is 10.2 Å². The summed E-state index contributed by atoms with van der Waals surface area (Å²) in [6, 6.07) is 2.70. The molecule has 0 bridgehead atoms. The highest BCUT2D eigenvalue weighted by molar-refractivity contribution is 8.01. The lowest BCUT2D eigenvalue weighted by Gasteiger charge is -2.03. The Hall–Kier alpha value is -0.850. The summed E-state index contributed by atoms with van der Waals surface area (Å²) in [5.74, 6) is -0.486. The van der Waals surface area contributed by atoms with Gasteiger partial charge < -0.3 is 5.73 Å². The van der Waals surface area contributed by atoms with Crippen LogP contribution < -0.4 is 5.73 Å². The van der Waals surface area contributed by atoms with Crippen LogP contribution >= 0.6 is 34.7 Å². The van der Waals surface area contributed by atoms with Crippen LogP contribution in [-0.4, -0.2) is 10.2 Å². The second-order valence-corrected chi connectivity index (χ2v) is 5.87. The fourth-order valence-electron chi connectivity index (χ4n) is 1.05. The van der Waals surface area contributed by atoms with Crippen LogP contribution in [0.5, 0.6) is 0 Å². The smallest absolute Gasteiger partial charge is 0.179 e. The number of nitrogens with zero attached hydrogens (tertiary/aromatic N) is 2. The summed E-state index contributed by atoms with van der Waals surface area (Å²) in [5, 5.41) is 8.67. The van der Waals surface area contributed by atoms with Crippen LogP contribution in [0.2, 0.25) is 5.02 Å². The number of benzene rings is 1. The van der Waals surface area contributed by atoms with Gasteiger partial charge in [-0.15, -0.1) is 10.2 Å². The Kier molecular flexibility index (Phi) is 3.32. The van der Waals surface area contributed by atoms with Gasteiger partial charge in [0.25, 0.3) is 0 Å². The number of hydrogen-bond acceptors (Lipinski definition) is 5. The maximum Gasteiger partial charge on any atom is 0.179 e. The van der Waals surface area contributed by atoms with Gasteiger partial charge >= 0.3 is 0 Å². The first kappa shape index (κ1) is 11.6. The maximum atomic E-state index is 13.2. The molecule has 0 aliphatic heterocycles. The Labute approximate surface area is 105 Å². The van der Waals surface area contributed by atoms with Gasteiger partial charge in [-0.3, -0.25) is 0 Å². The lowest BCUT2D eigenvalue weighted by Crippen LogP contribution is -1.90. The molecule has 0 saturated carbocycles. The molecule has 0 atom stereocenters. The van der Waals surface area contributed by atoms with E-state index in [-0.39, 0.29) is 5.02 Å². The highest BCUT2D eigenvalue weighted by atomic mass is 35.5. The molecular formula is C9H7ClFN3S2. The largest absolute Gasteiger partial charge is 0.398 e. The van der Waals surface area contributed by atoms with Gasteiger partial charge in [0, 0.05) is 10.6 Å². The van der Waals surface area contributed by atoms with E-state index in [1.54, 1.807) is 0 Å². The lowest BCUT2D eigenvalue weighted by atomic mass is 10.3. The first-order valence-corrected chi connectivity index (χ1v) is 6.30. The first-order valence-electron chi connectivity index (χ1n) is 4.29. The van der Waals surface area contributed by atoms with Crippen molar-refractivity contribution in [2.45, 2.75) is 16.2 Å². The summed E-state index contributed by atoms with van der Waals surface area (Å²) >= 11 is 8.31. The van der Waals surface area contributed by atoms with Crippen LogP contribution in [0.25, 0.3) is 0 Å². The summed E-state index contributed by atoms with van der Waals surface area (Å²) in [5.41, 5.74) is 6.16. The molecule has 0 spiro atoms. The third-order valence-electron chi connectivity index (χ3n) is 1.76. The zero-order chi connectivity index (χ0) is 11.7. The van der Waals surface area contributed by atoms with E-state index in [0.29, 0.717) is 10.6 Å². The van der Waals surface area contributed by atoms with Crippen molar-refractivity contribution < 1.29 is 4.39 Å². The molecule has 1 aromatic heterocycles. The fourth-order valence-corrected chi connectivity index (χ4v) is 3.04. The van der Waals surface area contributed by atoms with Gasteiger partial charge in [-0.05, 0) is 19.1 Å². The van der Waals surface area contributed by atoms with Gasteiger partial charge in [0.2, 0.25) is 0 Å². The number of nitrogens with two attached hydrogens (primary N) is 1. The highest BCUT2D eigenvalue weighted by Crippen LogP contribution is 2.35. The molecule has 0 amide bonds. The highest BCUT2D eigenvalue weighted by Gasteiger charge is 2.10. The Bertz CT molecular complexity index is 529. The number of hydrogen-bond donors (Lipinski definition) is 1. The van der Waals surface area contributed by atoms with Gasteiger partial charge in [-0.1, -0.05) is 34.7 Å². The van der Waals surface area contributed by atoms with Crippen molar-refractivity contribution >= 4 is 40.4 Å². The predicted octanol–water partition coefficient (Wildman–Crippen LogP) is 3.37. The fraction of sp³-hybridized carbons (Fsp3) is 0.111. The van der Waals surface area contributed by atoms with E-state index < -0.39 is 5.82 Å². The minimum absolute atomic E-state index is 0.0234. The minimum atomic E-state index is -0.486. The molecule has 3 nitrogen and oxygen atoms in total. The van der Waals surface area contributed by atoms with Crippen molar-refractivity contribution in [3.63, 3.8) is 0 Å². The third-order valence-corrected chi connectivity index (χ3v) is 4.01. The van der Waals surface area contributed by atoms with Crippen LogP contribution in [0, 0.1) is 12.7 Å². The summed E-state index contributed by atoms with van der Waals surface area (Å²) in [6.45, 7) is 1.85. The van der Waals surface area contributed by atoms with Crippen molar-refractivity contribution in [2.24, 2.45) is 0 Å². The van der Waals surface area contributed by atoms with Gasteiger partial charge in [0.1, 0.15) is 10.8 Å². The number of halogens is 2. The molecular weight excluding hydrogens is 269 g/mol. The summed E-state index contributed by atoms with van der Waals surface area (Å²) in [4.78, 5) is 0.595. The summed E-state index contributed by atoms with van der Waals surface area (Å²) in [6.07, 6.45) is 0. The van der Waals surface area contributed by atoms with E-state index in [9.17, 15) is 4.39 Å². The molecule has 0 aliphatic carbocycles. The molecule has 1 heterocycles. The molecule has 1 aromatic carbocycles. The molecule has 0 saturated heterocycles.